The van der Waals surface area contributed by atoms with Gasteiger partial charge in [-0.1, -0.05) is 29.5 Å². The van der Waals surface area contributed by atoms with E-state index in [2.05, 4.69) is 20.5 Å². The molecule has 0 bridgehead atoms. The van der Waals surface area contributed by atoms with Crippen molar-refractivity contribution in [1.29, 1.82) is 0 Å². The lowest BCUT2D eigenvalue weighted by Gasteiger charge is -2.32. The third-order valence-electron chi connectivity index (χ3n) is 7.60. The number of amides is 2. The molecule has 11 heteroatoms. The second kappa shape index (κ2) is 12.5. The molecule has 2 atom stereocenters. The van der Waals surface area contributed by atoms with E-state index >= 15 is 0 Å². The molecule has 11 nitrogen and oxygen atoms in total. The fraction of sp³-hybridized carbons (Fsp3) is 0.400. The molecular weight excluding hydrogens is 524 g/mol. The number of anilines is 1. The molecular formula is C30H34N6O5. The van der Waals surface area contributed by atoms with E-state index in [4.69, 9.17) is 13.9 Å². The molecule has 0 aliphatic carbocycles. The van der Waals surface area contributed by atoms with E-state index in [1.807, 2.05) is 48.5 Å². The third kappa shape index (κ3) is 6.26. The molecule has 2 aromatic carbocycles. The number of para-hydroxylation sites is 1. The van der Waals surface area contributed by atoms with Gasteiger partial charge in [0, 0.05) is 31.9 Å². The van der Waals surface area contributed by atoms with Crippen LogP contribution in [-0.2, 0) is 32.2 Å². The average molecular weight is 559 g/mol. The van der Waals surface area contributed by atoms with Crippen LogP contribution in [0.15, 0.2) is 71.3 Å². The molecule has 41 heavy (non-hydrogen) atoms. The Morgan fingerprint density at radius 3 is 2.61 bits per heavy atom. The average Bonchev–Trinajstić information content (AvgIpc) is 3.80. The number of hydrogen-bond acceptors (Lipinski definition) is 8. The number of nitrogens with zero attached hydrogens (tertiary/aromatic N) is 5. The Hall–Kier alpha value is -4.22. The second-order valence-corrected chi connectivity index (χ2v) is 10.3. The quantitative estimate of drug-likeness (QED) is 0.316. The van der Waals surface area contributed by atoms with Crippen molar-refractivity contribution in [3.63, 3.8) is 0 Å². The van der Waals surface area contributed by atoms with Crippen LogP contribution in [0.2, 0.25) is 0 Å². The van der Waals surface area contributed by atoms with Crippen LogP contribution >= 0.6 is 0 Å². The van der Waals surface area contributed by atoms with Gasteiger partial charge in [0.25, 0.3) is 0 Å². The molecule has 214 valence electrons. The monoisotopic (exact) mass is 558 g/mol. The number of carbonyl (C=O) groups is 2. The van der Waals surface area contributed by atoms with Crippen LogP contribution < -0.4 is 10.2 Å². The highest BCUT2D eigenvalue weighted by molar-refractivity contribution is 5.89. The first-order chi connectivity index (χ1) is 20.2. The van der Waals surface area contributed by atoms with Crippen LogP contribution in [0, 0.1) is 0 Å². The van der Waals surface area contributed by atoms with Crippen LogP contribution in [0.4, 0.5) is 5.69 Å². The minimum atomic E-state index is -0.900. The van der Waals surface area contributed by atoms with Crippen molar-refractivity contribution in [2.45, 2.75) is 38.1 Å². The van der Waals surface area contributed by atoms with Crippen LogP contribution in [0.1, 0.15) is 30.2 Å². The molecule has 2 fully saturated rings. The molecule has 0 spiro atoms. The summed E-state index contributed by atoms with van der Waals surface area (Å²) in [6, 6.07) is 18.0. The highest BCUT2D eigenvalue weighted by atomic mass is 16.5. The largest absolute Gasteiger partial charge is 0.467 e. The number of aromatic nitrogens is 3. The summed E-state index contributed by atoms with van der Waals surface area (Å²) in [5.74, 6) is 0.0122. The Morgan fingerprint density at radius 2 is 1.85 bits per heavy atom. The van der Waals surface area contributed by atoms with Crippen molar-refractivity contribution < 1.29 is 23.5 Å². The molecule has 0 radical (unpaired) electrons. The Kier molecular flexibility index (Phi) is 8.24. The Bertz CT molecular complexity index is 1440. The maximum absolute atomic E-state index is 14.0. The molecule has 4 heterocycles. The van der Waals surface area contributed by atoms with Crippen molar-refractivity contribution in [2.75, 3.05) is 44.4 Å². The van der Waals surface area contributed by atoms with E-state index in [0.717, 1.165) is 37.1 Å². The van der Waals surface area contributed by atoms with Crippen LogP contribution in [0.25, 0.3) is 11.0 Å². The topological polar surface area (TPSA) is 115 Å². The van der Waals surface area contributed by atoms with Crippen LogP contribution in [0.3, 0.4) is 0 Å². The summed E-state index contributed by atoms with van der Waals surface area (Å²) in [5.41, 5.74) is 3.19. The van der Waals surface area contributed by atoms with E-state index in [0.29, 0.717) is 43.2 Å². The highest BCUT2D eigenvalue weighted by Gasteiger charge is 2.33. The molecule has 0 unspecified atom stereocenters. The maximum atomic E-state index is 14.0. The zero-order chi connectivity index (χ0) is 28.0. The van der Waals surface area contributed by atoms with Crippen molar-refractivity contribution in [3.8, 4) is 0 Å². The van der Waals surface area contributed by atoms with Gasteiger partial charge in [-0.25, -0.2) is 4.68 Å². The summed E-state index contributed by atoms with van der Waals surface area (Å²) in [7, 11) is 0. The number of morpholine rings is 1. The summed E-state index contributed by atoms with van der Waals surface area (Å²) >= 11 is 0. The second-order valence-electron chi connectivity index (χ2n) is 10.3. The SMILES string of the molecule is O=C(NC[C@H]1CCCO1)[C@H](c1ccc(N2CCOCC2)cc1)N(Cc1ccco1)C(=O)Cn1nnc2ccccc21. The van der Waals surface area contributed by atoms with Gasteiger partial charge in [-0.3, -0.25) is 9.59 Å². The molecule has 2 aliphatic heterocycles. The van der Waals surface area contributed by atoms with Crippen molar-refractivity contribution in [2.24, 2.45) is 0 Å². The van der Waals surface area contributed by atoms with Gasteiger partial charge in [0.05, 0.1) is 37.6 Å². The van der Waals surface area contributed by atoms with E-state index in [-0.39, 0.29) is 31.0 Å². The van der Waals surface area contributed by atoms with E-state index < -0.39 is 6.04 Å². The minimum absolute atomic E-state index is 0.0287. The Labute approximate surface area is 238 Å². The lowest BCUT2D eigenvalue weighted by Crippen LogP contribution is -2.46. The summed E-state index contributed by atoms with van der Waals surface area (Å²) in [6.45, 7) is 4.08. The lowest BCUT2D eigenvalue weighted by atomic mass is 10.0. The van der Waals surface area contributed by atoms with E-state index in [1.165, 1.54) is 0 Å². The van der Waals surface area contributed by atoms with Gasteiger partial charge in [0.15, 0.2) is 0 Å². The summed E-state index contributed by atoms with van der Waals surface area (Å²) in [4.78, 5) is 31.8. The van der Waals surface area contributed by atoms with Gasteiger partial charge in [0.2, 0.25) is 11.8 Å². The van der Waals surface area contributed by atoms with Gasteiger partial charge >= 0.3 is 0 Å². The van der Waals surface area contributed by atoms with Gasteiger partial charge in [-0.2, -0.15) is 0 Å². The fourth-order valence-electron chi connectivity index (χ4n) is 5.43. The first-order valence-corrected chi connectivity index (χ1v) is 14.1. The van der Waals surface area contributed by atoms with Crippen molar-refractivity contribution in [3.05, 3.63) is 78.3 Å². The lowest BCUT2D eigenvalue weighted by molar-refractivity contribution is -0.142. The molecule has 1 N–H and O–H groups in total. The molecule has 4 aromatic rings. The third-order valence-corrected chi connectivity index (χ3v) is 7.60. The van der Waals surface area contributed by atoms with Gasteiger partial charge in [0.1, 0.15) is 23.9 Å². The van der Waals surface area contributed by atoms with Crippen LogP contribution in [0.5, 0.6) is 0 Å². The molecule has 0 saturated carbocycles. The predicted octanol–water partition coefficient (Wildman–Crippen LogP) is 2.93. The molecule has 2 saturated heterocycles. The summed E-state index contributed by atoms with van der Waals surface area (Å²) in [6.07, 6.45) is 3.40. The number of benzene rings is 2. The van der Waals surface area contributed by atoms with E-state index in [9.17, 15) is 9.59 Å². The number of nitrogens with one attached hydrogen (secondary N) is 1. The number of rotatable bonds is 10. The normalized spacial score (nSPS) is 18.0. The van der Waals surface area contributed by atoms with E-state index in [1.54, 1.807) is 28.0 Å². The molecule has 2 aromatic heterocycles. The first kappa shape index (κ1) is 27.0. The zero-order valence-corrected chi connectivity index (χ0v) is 22.9. The Morgan fingerprint density at radius 1 is 1.02 bits per heavy atom. The predicted molar refractivity (Wildman–Crippen MR) is 151 cm³/mol. The maximum Gasteiger partial charge on any atom is 0.247 e. The summed E-state index contributed by atoms with van der Waals surface area (Å²) in [5, 5.41) is 11.5. The molecule has 2 aliphatic rings. The number of carbonyl (C=O) groups excluding carboxylic acids is 2. The molecule has 6 rings (SSSR count). The van der Waals surface area contributed by atoms with Crippen molar-refractivity contribution in [1.82, 2.24) is 25.2 Å². The van der Waals surface area contributed by atoms with Crippen molar-refractivity contribution >= 4 is 28.5 Å². The molecule has 2 amide bonds. The minimum Gasteiger partial charge on any atom is -0.467 e. The van der Waals surface area contributed by atoms with Gasteiger partial charge < -0.3 is 29.0 Å². The number of hydrogen-bond donors (Lipinski definition) is 1. The number of ether oxygens (including phenoxy) is 2. The standard InChI is InChI=1S/C30H34N6O5/c37-28(21-36-27-8-2-1-7-26(27)32-33-36)35(20-25-6-4-16-41-25)29(30(38)31-19-24-5-3-15-40-24)22-9-11-23(12-10-22)34-13-17-39-18-14-34/h1-2,4,6-12,16,24,29H,3,5,13-15,17-21H2,(H,31,38)/t24-,29+/m1/s1. The van der Waals surface area contributed by atoms with Gasteiger partial charge in [-0.15, -0.1) is 5.10 Å². The zero-order valence-electron chi connectivity index (χ0n) is 22.9. The highest BCUT2D eigenvalue weighted by Crippen LogP contribution is 2.28. The van der Waals surface area contributed by atoms with Gasteiger partial charge in [-0.05, 0) is 54.8 Å². The fourth-order valence-corrected chi connectivity index (χ4v) is 5.43. The summed E-state index contributed by atoms with van der Waals surface area (Å²) < 4.78 is 18.4. The Balaban J connectivity index is 1.32. The first-order valence-electron chi connectivity index (χ1n) is 14.1. The number of fused-ring (bicyclic) bond motifs is 1. The van der Waals surface area contributed by atoms with Crippen LogP contribution in [-0.4, -0.2) is 77.3 Å². The smallest absolute Gasteiger partial charge is 0.247 e. The number of furan rings is 1.